The van der Waals surface area contributed by atoms with Crippen LogP contribution in [0.5, 0.6) is 0 Å². The summed E-state index contributed by atoms with van der Waals surface area (Å²) in [6.45, 7) is 0. The summed E-state index contributed by atoms with van der Waals surface area (Å²) in [5, 5.41) is 3.82. The molecule has 27 heavy (non-hydrogen) atoms. The average Bonchev–Trinajstić information content (AvgIpc) is 2.74. The quantitative estimate of drug-likeness (QED) is 0.128. The molecule has 130 valence electrons. The topological polar surface area (TPSA) is 65.8 Å². The predicted molar refractivity (Wildman–Crippen MR) is 109 cm³/mol. The Kier molecular flexibility index (Phi) is 5.97. The van der Waals surface area contributed by atoms with Gasteiger partial charge in [0, 0.05) is 21.7 Å². The Morgan fingerprint density at radius 1 is 0.778 bits per heavy atom. The van der Waals surface area contributed by atoms with E-state index >= 15 is 0 Å². The lowest BCUT2D eigenvalue weighted by atomic mass is 9.94. The van der Waals surface area contributed by atoms with Gasteiger partial charge in [-0.1, -0.05) is 108 Å². The predicted octanol–water partition coefficient (Wildman–Crippen LogP) is 6.30. The summed E-state index contributed by atoms with van der Waals surface area (Å²) in [6.07, 6.45) is 3.50. The summed E-state index contributed by atoms with van der Waals surface area (Å²) >= 11 is 0. The number of carbonyl (C=O) groups excluding carboxylic acids is 1. The molecule has 0 unspecified atom stereocenters. The van der Waals surface area contributed by atoms with Gasteiger partial charge in [0.25, 0.3) is 0 Å². The molecule has 4 heteroatoms. The molecule has 0 saturated heterocycles. The largest absolute Gasteiger partial charge is 0.289 e. The minimum Gasteiger partial charge on any atom is -0.289 e. The third-order valence-corrected chi connectivity index (χ3v) is 3.97. The Hall–Kier alpha value is -3.88. The van der Waals surface area contributed by atoms with Crippen molar-refractivity contribution in [1.29, 1.82) is 0 Å². The molecule has 0 atom stereocenters. The molecule has 3 aromatic carbocycles. The van der Waals surface area contributed by atoms with Crippen molar-refractivity contribution < 1.29 is 4.79 Å². The molecule has 0 aliphatic rings. The standard InChI is InChI=1S/C23H17N3O/c24-26-25-21(17-16-18-10-4-1-5-11-18)22(19-12-6-2-7-13-19)23(27)20-14-8-3-9-15-20/h1-17H/b17-16+,22-21?. The van der Waals surface area contributed by atoms with Gasteiger partial charge in [-0.15, -0.1) is 0 Å². The molecule has 0 bridgehead atoms. The molecule has 4 nitrogen and oxygen atoms in total. The minimum atomic E-state index is -0.193. The van der Waals surface area contributed by atoms with Crippen LogP contribution in [-0.4, -0.2) is 5.78 Å². The van der Waals surface area contributed by atoms with Crippen LogP contribution in [0.2, 0.25) is 0 Å². The lowest BCUT2D eigenvalue weighted by Crippen LogP contribution is -2.05. The highest BCUT2D eigenvalue weighted by molar-refractivity contribution is 6.30. The van der Waals surface area contributed by atoms with Crippen molar-refractivity contribution in [2.45, 2.75) is 0 Å². The summed E-state index contributed by atoms with van der Waals surface area (Å²) in [5.41, 5.74) is 11.9. The fourth-order valence-electron chi connectivity index (χ4n) is 2.69. The molecule has 0 spiro atoms. The normalized spacial score (nSPS) is 11.6. The number of Topliss-reactive ketones (excluding diaryl/α,β-unsaturated/α-hetero) is 1. The SMILES string of the molecule is [N-]=[N+]=NC(/C=C/c1ccccc1)=C(C(=O)c1ccccc1)c1ccccc1. The Balaban J connectivity index is 2.16. The lowest BCUT2D eigenvalue weighted by Gasteiger charge is -2.10. The molecule has 0 aliphatic heterocycles. The average molecular weight is 351 g/mol. The van der Waals surface area contributed by atoms with E-state index in [9.17, 15) is 4.79 Å². The molecule has 0 heterocycles. The maximum Gasteiger partial charge on any atom is 0.194 e. The van der Waals surface area contributed by atoms with E-state index in [2.05, 4.69) is 10.0 Å². The summed E-state index contributed by atoms with van der Waals surface area (Å²) in [7, 11) is 0. The van der Waals surface area contributed by atoms with Gasteiger partial charge in [-0.25, -0.2) is 0 Å². The first kappa shape index (κ1) is 17.9. The molecular formula is C23H17N3O. The van der Waals surface area contributed by atoms with Crippen molar-refractivity contribution >= 4 is 17.4 Å². The van der Waals surface area contributed by atoms with Crippen LogP contribution in [0.1, 0.15) is 21.5 Å². The van der Waals surface area contributed by atoms with Gasteiger partial charge in [-0.2, -0.15) is 0 Å². The van der Waals surface area contributed by atoms with Crippen molar-refractivity contribution in [3.63, 3.8) is 0 Å². The molecule has 0 aliphatic carbocycles. The third-order valence-electron chi connectivity index (χ3n) is 3.97. The third kappa shape index (κ3) is 4.60. The number of hydrogen-bond donors (Lipinski definition) is 0. The number of nitrogens with zero attached hydrogens (tertiary/aromatic N) is 3. The zero-order chi connectivity index (χ0) is 18.9. The Labute approximate surface area is 157 Å². The zero-order valence-electron chi connectivity index (χ0n) is 14.6. The van der Waals surface area contributed by atoms with Gasteiger partial charge < -0.3 is 0 Å². The van der Waals surface area contributed by atoms with Crippen molar-refractivity contribution in [2.24, 2.45) is 5.11 Å². The summed E-state index contributed by atoms with van der Waals surface area (Å²) in [4.78, 5) is 16.1. The van der Waals surface area contributed by atoms with Crippen LogP contribution in [0.15, 0.2) is 108 Å². The first-order valence-corrected chi connectivity index (χ1v) is 8.47. The maximum absolute atomic E-state index is 13.2. The fourth-order valence-corrected chi connectivity index (χ4v) is 2.69. The Morgan fingerprint density at radius 2 is 1.30 bits per heavy atom. The van der Waals surface area contributed by atoms with Crippen LogP contribution in [0.3, 0.4) is 0 Å². The van der Waals surface area contributed by atoms with E-state index in [4.69, 9.17) is 5.53 Å². The summed E-state index contributed by atoms with van der Waals surface area (Å²) < 4.78 is 0. The number of rotatable bonds is 6. The first-order valence-electron chi connectivity index (χ1n) is 8.47. The lowest BCUT2D eigenvalue weighted by molar-refractivity contribution is 0.105. The molecule has 0 fully saturated rings. The highest BCUT2D eigenvalue weighted by Crippen LogP contribution is 2.26. The van der Waals surface area contributed by atoms with Crippen molar-refractivity contribution in [2.75, 3.05) is 0 Å². The molecule has 0 N–H and O–H groups in total. The van der Waals surface area contributed by atoms with Crippen molar-refractivity contribution in [3.05, 3.63) is 130 Å². The molecule has 0 radical (unpaired) electrons. The van der Waals surface area contributed by atoms with E-state index in [1.165, 1.54) is 0 Å². The first-order chi connectivity index (χ1) is 13.3. The number of allylic oxidation sites excluding steroid dienone is 2. The highest BCUT2D eigenvalue weighted by atomic mass is 16.1. The van der Waals surface area contributed by atoms with Gasteiger partial charge in [-0.05, 0) is 16.7 Å². The van der Waals surface area contributed by atoms with Gasteiger partial charge in [0.05, 0.1) is 0 Å². The van der Waals surface area contributed by atoms with Crippen molar-refractivity contribution in [1.82, 2.24) is 0 Å². The van der Waals surface area contributed by atoms with Gasteiger partial charge >= 0.3 is 0 Å². The van der Waals surface area contributed by atoms with Crippen LogP contribution < -0.4 is 0 Å². The molecule has 3 rings (SSSR count). The number of ketones is 1. The second kappa shape index (κ2) is 8.99. The second-order valence-corrected chi connectivity index (χ2v) is 5.75. The van der Waals surface area contributed by atoms with Gasteiger partial charge in [0.15, 0.2) is 5.78 Å². The second-order valence-electron chi connectivity index (χ2n) is 5.75. The minimum absolute atomic E-state index is 0.193. The number of carbonyl (C=O) groups is 1. The fraction of sp³-hybridized carbons (Fsp3) is 0. The van der Waals surface area contributed by atoms with Gasteiger partial charge in [0.1, 0.15) is 0 Å². The van der Waals surface area contributed by atoms with Gasteiger partial charge in [-0.3, -0.25) is 4.79 Å². The van der Waals surface area contributed by atoms with E-state index in [1.807, 2.05) is 84.9 Å². The molecule has 0 amide bonds. The van der Waals surface area contributed by atoms with E-state index in [0.717, 1.165) is 5.56 Å². The number of benzene rings is 3. The monoisotopic (exact) mass is 351 g/mol. The summed E-state index contributed by atoms with van der Waals surface area (Å²) in [6, 6.07) is 27.8. The zero-order valence-corrected chi connectivity index (χ0v) is 14.6. The highest BCUT2D eigenvalue weighted by Gasteiger charge is 2.17. The van der Waals surface area contributed by atoms with Crippen LogP contribution in [0, 0.1) is 0 Å². The molecule has 0 saturated carbocycles. The van der Waals surface area contributed by atoms with E-state index in [-0.39, 0.29) is 11.5 Å². The Morgan fingerprint density at radius 3 is 1.85 bits per heavy atom. The summed E-state index contributed by atoms with van der Waals surface area (Å²) in [5.74, 6) is -0.193. The van der Waals surface area contributed by atoms with Crippen LogP contribution in [0.4, 0.5) is 0 Å². The smallest absolute Gasteiger partial charge is 0.194 e. The molecule has 0 aromatic heterocycles. The van der Waals surface area contributed by atoms with Crippen molar-refractivity contribution in [3.8, 4) is 0 Å². The number of azide groups is 1. The maximum atomic E-state index is 13.2. The number of hydrogen-bond acceptors (Lipinski definition) is 2. The van der Waals surface area contributed by atoms with Crippen LogP contribution >= 0.6 is 0 Å². The van der Waals surface area contributed by atoms with E-state index in [1.54, 1.807) is 18.2 Å². The van der Waals surface area contributed by atoms with E-state index in [0.29, 0.717) is 16.7 Å². The van der Waals surface area contributed by atoms with Crippen LogP contribution in [0.25, 0.3) is 22.1 Å². The van der Waals surface area contributed by atoms with E-state index < -0.39 is 0 Å². The molecular weight excluding hydrogens is 334 g/mol. The Bertz CT molecular complexity index is 1020. The van der Waals surface area contributed by atoms with Gasteiger partial charge in [0.2, 0.25) is 0 Å². The van der Waals surface area contributed by atoms with Crippen LogP contribution in [-0.2, 0) is 0 Å². The molecule has 3 aromatic rings.